The fourth-order valence-corrected chi connectivity index (χ4v) is 1.46. The quantitative estimate of drug-likeness (QED) is 0.639. The Morgan fingerprint density at radius 2 is 2.06 bits per heavy atom. The summed E-state index contributed by atoms with van der Waals surface area (Å²) in [6.45, 7) is -0.0323. The van der Waals surface area contributed by atoms with E-state index in [1.54, 1.807) is 18.2 Å². The predicted octanol–water partition coefficient (Wildman–Crippen LogP) is 1.06. The third kappa shape index (κ3) is 3.23. The minimum atomic E-state index is -0.541. The summed E-state index contributed by atoms with van der Waals surface area (Å²) in [5, 5.41) is 0. The van der Waals surface area contributed by atoms with E-state index in [0.29, 0.717) is 15.7 Å². The van der Waals surface area contributed by atoms with Gasteiger partial charge in [-0.05, 0) is 28.1 Å². The molecule has 0 aliphatic carbocycles. The van der Waals surface area contributed by atoms with Crippen molar-refractivity contribution >= 4 is 33.5 Å². The van der Waals surface area contributed by atoms with Gasteiger partial charge in [-0.25, -0.2) is 4.79 Å². The molecule has 5 nitrogen and oxygen atoms in total. The van der Waals surface area contributed by atoms with Crippen molar-refractivity contribution in [3.63, 3.8) is 0 Å². The molecule has 1 aromatic rings. The Morgan fingerprint density at radius 3 is 2.69 bits per heavy atom. The first-order valence-electron chi connectivity index (χ1n) is 4.51. The first-order valence-corrected chi connectivity index (χ1v) is 5.31. The molecule has 0 bridgehead atoms. The summed E-state index contributed by atoms with van der Waals surface area (Å²) in [6.07, 6.45) is 0.00563. The maximum Gasteiger partial charge on any atom is 0.339 e. The highest BCUT2D eigenvalue weighted by molar-refractivity contribution is 9.10. The number of hydrogen-bond donors (Lipinski definition) is 2. The number of nitrogen functional groups attached to an aromatic ring is 1. The smallest absolute Gasteiger partial charge is 0.339 e. The zero-order valence-electron chi connectivity index (χ0n) is 8.40. The van der Waals surface area contributed by atoms with Gasteiger partial charge in [-0.3, -0.25) is 4.79 Å². The number of hydrogen-bond acceptors (Lipinski definition) is 4. The van der Waals surface area contributed by atoms with Crippen LogP contribution in [0.15, 0.2) is 22.7 Å². The molecule has 6 heteroatoms. The number of halogens is 1. The molecule has 1 aromatic carbocycles. The van der Waals surface area contributed by atoms with Gasteiger partial charge >= 0.3 is 5.97 Å². The van der Waals surface area contributed by atoms with Gasteiger partial charge in [0, 0.05) is 5.69 Å². The van der Waals surface area contributed by atoms with Crippen molar-refractivity contribution in [1.82, 2.24) is 0 Å². The van der Waals surface area contributed by atoms with Crippen LogP contribution in [0.2, 0.25) is 0 Å². The molecule has 0 aliphatic heterocycles. The van der Waals surface area contributed by atoms with Crippen molar-refractivity contribution in [3.8, 4) is 0 Å². The van der Waals surface area contributed by atoms with Crippen LogP contribution in [0, 0.1) is 0 Å². The summed E-state index contributed by atoms with van der Waals surface area (Å²) in [6, 6.07) is 4.88. The molecule has 0 aliphatic rings. The van der Waals surface area contributed by atoms with Crippen LogP contribution >= 0.6 is 15.9 Å². The van der Waals surface area contributed by atoms with Crippen LogP contribution in [0.25, 0.3) is 0 Å². The van der Waals surface area contributed by atoms with E-state index >= 15 is 0 Å². The Labute approximate surface area is 101 Å². The van der Waals surface area contributed by atoms with Crippen molar-refractivity contribution in [3.05, 3.63) is 28.2 Å². The standard InChI is InChI=1S/C10H11BrN2O3/c11-9-6(2-1-3-7(9)12)10(15)16-5-4-8(13)14/h1-3H,4-5,12H2,(H2,13,14). The SMILES string of the molecule is NC(=O)CCOC(=O)c1cccc(N)c1Br. The molecule has 0 heterocycles. The second-order valence-electron chi connectivity index (χ2n) is 3.06. The molecule has 1 rings (SSSR count). The van der Waals surface area contributed by atoms with E-state index in [1.807, 2.05) is 0 Å². The molecule has 0 saturated carbocycles. The Morgan fingerprint density at radius 1 is 1.38 bits per heavy atom. The fourth-order valence-electron chi connectivity index (χ4n) is 1.03. The van der Waals surface area contributed by atoms with Crippen molar-refractivity contribution in [2.24, 2.45) is 5.73 Å². The molecule has 16 heavy (non-hydrogen) atoms. The zero-order chi connectivity index (χ0) is 12.1. The van der Waals surface area contributed by atoms with Crippen LogP contribution in [0.5, 0.6) is 0 Å². The van der Waals surface area contributed by atoms with Gasteiger partial charge in [-0.1, -0.05) is 6.07 Å². The van der Waals surface area contributed by atoms with Crippen molar-refractivity contribution < 1.29 is 14.3 Å². The van der Waals surface area contributed by atoms with Gasteiger partial charge in [0.25, 0.3) is 0 Å². The molecular formula is C10H11BrN2O3. The number of primary amides is 1. The van der Waals surface area contributed by atoms with E-state index in [9.17, 15) is 9.59 Å². The molecule has 0 fully saturated rings. The lowest BCUT2D eigenvalue weighted by Crippen LogP contribution is -2.16. The third-order valence-electron chi connectivity index (χ3n) is 1.83. The lowest BCUT2D eigenvalue weighted by atomic mass is 10.2. The Balaban J connectivity index is 2.66. The Hall–Kier alpha value is -1.56. The summed E-state index contributed by atoms with van der Waals surface area (Å²) >= 11 is 3.18. The summed E-state index contributed by atoms with van der Waals surface area (Å²) < 4.78 is 5.33. The van der Waals surface area contributed by atoms with Gasteiger partial charge in [0.05, 0.1) is 16.5 Å². The fraction of sp³-hybridized carbons (Fsp3) is 0.200. The first-order chi connectivity index (χ1) is 7.52. The highest BCUT2D eigenvalue weighted by atomic mass is 79.9. The average molecular weight is 287 g/mol. The van der Waals surface area contributed by atoms with Gasteiger partial charge in [-0.2, -0.15) is 0 Å². The molecular weight excluding hydrogens is 276 g/mol. The van der Waals surface area contributed by atoms with Crippen LogP contribution in [-0.4, -0.2) is 18.5 Å². The van der Waals surface area contributed by atoms with E-state index in [2.05, 4.69) is 15.9 Å². The molecule has 0 saturated heterocycles. The van der Waals surface area contributed by atoms with Crippen molar-refractivity contribution in [1.29, 1.82) is 0 Å². The second kappa shape index (κ2) is 5.50. The number of carbonyl (C=O) groups excluding carboxylic acids is 2. The van der Waals surface area contributed by atoms with E-state index in [1.165, 1.54) is 0 Å². The molecule has 0 aromatic heterocycles. The molecule has 1 amide bonds. The zero-order valence-corrected chi connectivity index (χ0v) is 9.99. The molecule has 0 radical (unpaired) electrons. The number of ether oxygens (including phenoxy) is 1. The summed E-state index contributed by atoms with van der Waals surface area (Å²) in [7, 11) is 0. The predicted molar refractivity (Wildman–Crippen MR) is 62.6 cm³/mol. The summed E-state index contributed by atoms with van der Waals surface area (Å²) in [5.74, 6) is -1.06. The maximum atomic E-state index is 11.5. The van der Waals surface area contributed by atoms with Gasteiger partial charge < -0.3 is 16.2 Å². The molecule has 0 unspecified atom stereocenters. The number of rotatable bonds is 4. The highest BCUT2D eigenvalue weighted by Crippen LogP contribution is 2.24. The number of nitrogens with two attached hydrogens (primary N) is 2. The van der Waals surface area contributed by atoms with Gasteiger partial charge in [-0.15, -0.1) is 0 Å². The normalized spacial score (nSPS) is 9.81. The Bertz CT molecular complexity index is 421. The highest BCUT2D eigenvalue weighted by Gasteiger charge is 2.13. The second-order valence-corrected chi connectivity index (χ2v) is 3.85. The molecule has 86 valence electrons. The van der Waals surface area contributed by atoms with Crippen molar-refractivity contribution in [2.75, 3.05) is 12.3 Å². The van der Waals surface area contributed by atoms with Gasteiger partial charge in [0.15, 0.2) is 0 Å². The molecule has 0 atom stereocenters. The van der Waals surface area contributed by atoms with Crippen LogP contribution in [0.3, 0.4) is 0 Å². The number of amides is 1. The van der Waals surface area contributed by atoms with Crippen molar-refractivity contribution in [2.45, 2.75) is 6.42 Å². The monoisotopic (exact) mass is 286 g/mol. The van der Waals surface area contributed by atoms with E-state index in [4.69, 9.17) is 16.2 Å². The van der Waals surface area contributed by atoms with Crippen LogP contribution in [0.4, 0.5) is 5.69 Å². The number of anilines is 1. The summed E-state index contributed by atoms with van der Waals surface area (Å²) in [4.78, 5) is 22.0. The van der Waals surface area contributed by atoms with Crippen LogP contribution in [-0.2, 0) is 9.53 Å². The lowest BCUT2D eigenvalue weighted by molar-refractivity contribution is -0.118. The molecule has 0 spiro atoms. The minimum absolute atomic E-state index is 0.00563. The number of benzene rings is 1. The maximum absolute atomic E-state index is 11.5. The van der Waals surface area contributed by atoms with Crippen LogP contribution in [0.1, 0.15) is 16.8 Å². The summed E-state index contributed by atoms with van der Waals surface area (Å²) in [5.41, 5.74) is 11.3. The van der Waals surface area contributed by atoms with Crippen LogP contribution < -0.4 is 11.5 Å². The molecule has 4 N–H and O–H groups in total. The number of carbonyl (C=O) groups is 2. The lowest BCUT2D eigenvalue weighted by Gasteiger charge is -2.06. The topological polar surface area (TPSA) is 95.4 Å². The van der Waals surface area contributed by atoms with E-state index < -0.39 is 11.9 Å². The first kappa shape index (κ1) is 12.5. The third-order valence-corrected chi connectivity index (χ3v) is 2.72. The average Bonchev–Trinajstić information content (AvgIpc) is 2.21. The Kier molecular flexibility index (Phi) is 4.30. The largest absolute Gasteiger partial charge is 0.462 e. The minimum Gasteiger partial charge on any atom is -0.462 e. The van der Waals surface area contributed by atoms with Gasteiger partial charge in [0.1, 0.15) is 6.61 Å². The van der Waals surface area contributed by atoms with Gasteiger partial charge in [0.2, 0.25) is 5.91 Å². The van der Waals surface area contributed by atoms with E-state index in [-0.39, 0.29) is 13.0 Å². The van der Waals surface area contributed by atoms with E-state index in [0.717, 1.165) is 0 Å². The number of esters is 1.